The van der Waals surface area contributed by atoms with Gasteiger partial charge in [-0.1, -0.05) is 26.0 Å². The molecular weight excluding hydrogens is 308 g/mol. The van der Waals surface area contributed by atoms with Crippen molar-refractivity contribution in [2.75, 3.05) is 5.32 Å². The molecule has 0 spiro atoms. The third-order valence-electron chi connectivity index (χ3n) is 3.40. The quantitative estimate of drug-likeness (QED) is 0.686. The number of phenols is 1. The maximum Gasteiger partial charge on any atom is 0.224 e. The van der Waals surface area contributed by atoms with Gasteiger partial charge in [-0.2, -0.15) is 0 Å². The summed E-state index contributed by atoms with van der Waals surface area (Å²) in [5.41, 5.74) is 2.21. The highest BCUT2D eigenvalue weighted by Gasteiger charge is 2.12. The second-order valence-corrected chi connectivity index (χ2v) is 6.90. The molecule has 118 valence electrons. The standard InChI is InChI=1S/C18H18N2O2S/c1-11(2)9-17(22)19-12-7-8-15(21)13(10-12)18-20-14-5-3-4-6-16(14)23-18/h3-8,10-11,21H,9H2,1-2H3,(H,19,22). The van der Waals surface area contributed by atoms with Crippen molar-refractivity contribution in [1.82, 2.24) is 4.98 Å². The molecule has 0 unspecified atom stereocenters. The van der Waals surface area contributed by atoms with E-state index < -0.39 is 0 Å². The number of nitrogens with zero attached hydrogens (tertiary/aromatic N) is 1. The van der Waals surface area contributed by atoms with Gasteiger partial charge in [-0.05, 0) is 36.2 Å². The van der Waals surface area contributed by atoms with Gasteiger partial charge < -0.3 is 10.4 Å². The highest BCUT2D eigenvalue weighted by atomic mass is 32.1. The Bertz CT molecular complexity index is 822. The van der Waals surface area contributed by atoms with Crippen molar-refractivity contribution in [3.8, 4) is 16.3 Å². The van der Waals surface area contributed by atoms with Gasteiger partial charge in [0.2, 0.25) is 5.91 Å². The Hall–Kier alpha value is -2.40. The van der Waals surface area contributed by atoms with Crippen molar-refractivity contribution < 1.29 is 9.90 Å². The summed E-state index contributed by atoms with van der Waals surface area (Å²) in [5.74, 6) is 0.433. The number of carbonyl (C=O) groups is 1. The Morgan fingerprint density at radius 1 is 1.26 bits per heavy atom. The van der Waals surface area contributed by atoms with Crippen LogP contribution in [0.25, 0.3) is 20.8 Å². The number of nitrogens with one attached hydrogen (secondary N) is 1. The van der Waals surface area contributed by atoms with E-state index in [1.807, 2.05) is 38.1 Å². The van der Waals surface area contributed by atoms with Crippen molar-refractivity contribution in [2.24, 2.45) is 5.92 Å². The topological polar surface area (TPSA) is 62.2 Å². The smallest absolute Gasteiger partial charge is 0.224 e. The molecule has 23 heavy (non-hydrogen) atoms. The average molecular weight is 326 g/mol. The lowest BCUT2D eigenvalue weighted by molar-refractivity contribution is -0.116. The lowest BCUT2D eigenvalue weighted by Crippen LogP contribution is -2.13. The lowest BCUT2D eigenvalue weighted by Gasteiger charge is -2.09. The molecule has 2 N–H and O–H groups in total. The van der Waals surface area contributed by atoms with E-state index in [1.54, 1.807) is 18.2 Å². The first-order valence-electron chi connectivity index (χ1n) is 7.52. The summed E-state index contributed by atoms with van der Waals surface area (Å²) in [6.45, 7) is 4.01. The molecule has 3 aromatic rings. The molecule has 0 saturated heterocycles. The van der Waals surface area contributed by atoms with Crippen LogP contribution in [0.15, 0.2) is 42.5 Å². The Balaban J connectivity index is 1.92. The summed E-state index contributed by atoms with van der Waals surface area (Å²) in [6, 6.07) is 12.9. The molecule has 1 heterocycles. The molecule has 0 radical (unpaired) electrons. The van der Waals surface area contributed by atoms with E-state index >= 15 is 0 Å². The highest BCUT2D eigenvalue weighted by Crippen LogP contribution is 2.36. The van der Waals surface area contributed by atoms with Gasteiger partial charge in [-0.25, -0.2) is 4.98 Å². The van der Waals surface area contributed by atoms with Gasteiger partial charge in [-0.15, -0.1) is 11.3 Å². The Labute approximate surface area is 138 Å². The molecule has 0 saturated carbocycles. The van der Waals surface area contributed by atoms with Gasteiger partial charge in [-0.3, -0.25) is 4.79 Å². The summed E-state index contributed by atoms with van der Waals surface area (Å²) in [4.78, 5) is 16.5. The van der Waals surface area contributed by atoms with E-state index in [4.69, 9.17) is 0 Å². The first-order chi connectivity index (χ1) is 11.0. The molecule has 1 aromatic heterocycles. The van der Waals surface area contributed by atoms with E-state index in [2.05, 4.69) is 10.3 Å². The molecule has 0 aliphatic carbocycles. The SMILES string of the molecule is CC(C)CC(=O)Nc1ccc(O)c(-c2nc3ccccc3s2)c1. The monoisotopic (exact) mass is 326 g/mol. The van der Waals surface area contributed by atoms with Gasteiger partial charge in [0.25, 0.3) is 0 Å². The predicted octanol–water partition coefficient (Wildman–Crippen LogP) is 4.65. The summed E-state index contributed by atoms with van der Waals surface area (Å²) < 4.78 is 1.07. The van der Waals surface area contributed by atoms with Crippen LogP contribution >= 0.6 is 11.3 Å². The van der Waals surface area contributed by atoms with Crippen LogP contribution in [0.1, 0.15) is 20.3 Å². The summed E-state index contributed by atoms with van der Waals surface area (Å²) in [6.07, 6.45) is 0.470. The molecule has 0 aliphatic heterocycles. The van der Waals surface area contributed by atoms with Crippen LogP contribution in [-0.4, -0.2) is 16.0 Å². The number of hydrogen-bond donors (Lipinski definition) is 2. The molecule has 4 nitrogen and oxygen atoms in total. The number of aromatic hydroxyl groups is 1. The third-order valence-corrected chi connectivity index (χ3v) is 4.47. The number of fused-ring (bicyclic) bond motifs is 1. The van der Waals surface area contributed by atoms with Crippen LogP contribution in [0.5, 0.6) is 5.75 Å². The Morgan fingerprint density at radius 3 is 2.78 bits per heavy atom. The van der Waals surface area contributed by atoms with E-state index in [0.29, 0.717) is 23.6 Å². The lowest BCUT2D eigenvalue weighted by atomic mass is 10.1. The second-order valence-electron chi connectivity index (χ2n) is 5.86. The number of phenolic OH excluding ortho intramolecular Hbond substituents is 1. The minimum Gasteiger partial charge on any atom is -0.507 e. The van der Waals surface area contributed by atoms with Gasteiger partial charge in [0.15, 0.2) is 0 Å². The number of carbonyl (C=O) groups excluding carboxylic acids is 1. The van der Waals surface area contributed by atoms with Gasteiger partial charge in [0.05, 0.1) is 15.8 Å². The van der Waals surface area contributed by atoms with Gasteiger partial charge in [0.1, 0.15) is 10.8 Å². The van der Waals surface area contributed by atoms with Crippen molar-refractivity contribution in [3.63, 3.8) is 0 Å². The number of thiazole rings is 1. The number of aromatic nitrogens is 1. The fraction of sp³-hybridized carbons (Fsp3) is 0.222. The molecule has 1 amide bonds. The van der Waals surface area contributed by atoms with Crippen molar-refractivity contribution in [1.29, 1.82) is 0 Å². The number of hydrogen-bond acceptors (Lipinski definition) is 4. The van der Waals surface area contributed by atoms with E-state index in [9.17, 15) is 9.90 Å². The summed E-state index contributed by atoms with van der Waals surface area (Å²) >= 11 is 1.52. The fourth-order valence-electron chi connectivity index (χ4n) is 2.36. The highest BCUT2D eigenvalue weighted by molar-refractivity contribution is 7.21. The fourth-order valence-corrected chi connectivity index (χ4v) is 3.35. The Morgan fingerprint density at radius 2 is 2.04 bits per heavy atom. The largest absolute Gasteiger partial charge is 0.507 e. The minimum atomic E-state index is -0.0269. The van der Waals surface area contributed by atoms with Crippen LogP contribution in [0.4, 0.5) is 5.69 Å². The van der Waals surface area contributed by atoms with Gasteiger partial charge in [0, 0.05) is 12.1 Å². The first kappa shape index (κ1) is 15.5. The number of benzene rings is 2. The van der Waals surface area contributed by atoms with Crippen LogP contribution in [0.2, 0.25) is 0 Å². The molecule has 0 fully saturated rings. The molecule has 0 bridgehead atoms. The summed E-state index contributed by atoms with van der Waals surface area (Å²) in [7, 11) is 0. The molecule has 2 aromatic carbocycles. The molecular formula is C18H18N2O2S. The molecule has 0 atom stereocenters. The normalized spacial score (nSPS) is 11.1. The Kier molecular flexibility index (Phi) is 4.30. The molecule has 5 heteroatoms. The maximum atomic E-state index is 11.9. The van der Waals surface area contributed by atoms with Crippen LogP contribution in [-0.2, 0) is 4.79 Å². The van der Waals surface area contributed by atoms with E-state index in [1.165, 1.54) is 11.3 Å². The van der Waals surface area contributed by atoms with Gasteiger partial charge >= 0.3 is 0 Å². The van der Waals surface area contributed by atoms with E-state index in [0.717, 1.165) is 15.2 Å². The number of anilines is 1. The number of rotatable bonds is 4. The van der Waals surface area contributed by atoms with Crippen LogP contribution in [0, 0.1) is 5.92 Å². The number of amides is 1. The predicted molar refractivity (Wildman–Crippen MR) is 94.8 cm³/mol. The van der Waals surface area contributed by atoms with Crippen molar-refractivity contribution in [3.05, 3.63) is 42.5 Å². The summed E-state index contributed by atoms with van der Waals surface area (Å²) in [5, 5.41) is 13.8. The zero-order valence-electron chi connectivity index (χ0n) is 13.0. The molecule has 0 aliphatic rings. The number of para-hydroxylation sites is 1. The first-order valence-corrected chi connectivity index (χ1v) is 8.33. The van der Waals surface area contributed by atoms with Crippen LogP contribution < -0.4 is 5.32 Å². The third kappa shape index (κ3) is 3.51. The minimum absolute atomic E-state index is 0.0269. The van der Waals surface area contributed by atoms with Crippen molar-refractivity contribution >= 4 is 33.1 Å². The average Bonchev–Trinajstić information content (AvgIpc) is 2.92. The second kappa shape index (κ2) is 6.38. The zero-order chi connectivity index (χ0) is 16.4. The van der Waals surface area contributed by atoms with Crippen LogP contribution in [0.3, 0.4) is 0 Å². The maximum absolute atomic E-state index is 11.9. The molecule has 3 rings (SSSR count). The zero-order valence-corrected chi connectivity index (χ0v) is 13.9. The van der Waals surface area contributed by atoms with E-state index in [-0.39, 0.29) is 11.7 Å². The van der Waals surface area contributed by atoms with Crippen molar-refractivity contribution in [2.45, 2.75) is 20.3 Å².